The van der Waals surface area contributed by atoms with E-state index in [-0.39, 0.29) is 5.60 Å². The molecule has 0 aliphatic heterocycles. The van der Waals surface area contributed by atoms with Crippen LogP contribution in [0.15, 0.2) is 24.3 Å². The Bertz CT molecular complexity index is 398. The molecule has 1 aromatic rings. The summed E-state index contributed by atoms with van der Waals surface area (Å²) in [5.41, 5.74) is 1.32. The lowest BCUT2D eigenvalue weighted by atomic mass is 10.1. The van der Waals surface area contributed by atoms with E-state index in [2.05, 4.69) is 26.1 Å². The van der Waals surface area contributed by atoms with Gasteiger partial charge in [-0.3, -0.25) is 0 Å². The number of carboxylic acids is 1. The fourth-order valence-corrected chi connectivity index (χ4v) is 1.50. The minimum Gasteiger partial charge on any atom is -0.478 e. The standard InChI is InChI=1S/C15H23NO3/c1-4-15(2,3)19-10-9-16-11-12-5-7-13(8-6-12)14(17)18/h5-8,16H,4,9-11H2,1-3H3,(H,17,18). The molecule has 0 unspecified atom stereocenters. The van der Waals surface area contributed by atoms with Crippen LogP contribution >= 0.6 is 0 Å². The topological polar surface area (TPSA) is 58.6 Å². The van der Waals surface area contributed by atoms with Crippen LogP contribution in [0.25, 0.3) is 0 Å². The predicted molar refractivity (Wildman–Crippen MR) is 75.4 cm³/mol. The first kappa shape index (κ1) is 15.7. The molecule has 0 bridgehead atoms. The van der Waals surface area contributed by atoms with Gasteiger partial charge in [-0.1, -0.05) is 19.1 Å². The SMILES string of the molecule is CCC(C)(C)OCCNCc1ccc(C(=O)O)cc1. The summed E-state index contributed by atoms with van der Waals surface area (Å²) in [4.78, 5) is 10.7. The van der Waals surface area contributed by atoms with Crippen molar-refractivity contribution in [3.8, 4) is 0 Å². The van der Waals surface area contributed by atoms with Crippen molar-refractivity contribution < 1.29 is 14.6 Å². The minimum absolute atomic E-state index is 0.0647. The van der Waals surface area contributed by atoms with Crippen molar-refractivity contribution in [1.29, 1.82) is 0 Å². The highest BCUT2D eigenvalue weighted by Crippen LogP contribution is 2.12. The van der Waals surface area contributed by atoms with Crippen molar-refractivity contribution in [2.45, 2.75) is 39.3 Å². The maximum absolute atomic E-state index is 10.7. The van der Waals surface area contributed by atoms with Crippen molar-refractivity contribution in [2.75, 3.05) is 13.2 Å². The van der Waals surface area contributed by atoms with Gasteiger partial charge in [-0.2, -0.15) is 0 Å². The lowest BCUT2D eigenvalue weighted by Crippen LogP contribution is -2.28. The number of carbonyl (C=O) groups is 1. The van der Waals surface area contributed by atoms with Crippen LogP contribution in [0.3, 0.4) is 0 Å². The second-order valence-corrected chi connectivity index (χ2v) is 5.14. The molecule has 4 heteroatoms. The number of nitrogens with one attached hydrogen (secondary N) is 1. The molecule has 0 aromatic heterocycles. The third-order valence-corrected chi connectivity index (χ3v) is 3.15. The molecule has 0 saturated carbocycles. The molecule has 4 nitrogen and oxygen atoms in total. The monoisotopic (exact) mass is 265 g/mol. The average molecular weight is 265 g/mol. The van der Waals surface area contributed by atoms with Gasteiger partial charge in [0.25, 0.3) is 0 Å². The van der Waals surface area contributed by atoms with Gasteiger partial charge >= 0.3 is 5.97 Å². The normalized spacial score (nSPS) is 11.5. The maximum Gasteiger partial charge on any atom is 0.335 e. The molecular weight excluding hydrogens is 242 g/mol. The molecule has 19 heavy (non-hydrogen) atoms. The molecule has 0 heterocycles. The zero-order chi connectivity index (χ0) is 14.3. The van der Waals surface area contributed by atoms with Gasteiger partial charge in [0.1, 0.15) is 0 Å². The van der Waals surface area contributed by atoms with Crippen molar-refractivity contribution >= 4 is 5.97 Å². The van der Waals surface area contributed by atoms with Gasteiger partial charge in [-0.15, -0.1) is 0 Å². The first-order valence-corrected chi connectivity index (χ1v) is 6.61. The number of ether oxygens (including phenoxy) is 1. The van der Waals surface area contributed by atoms with E-state index in [1.807, 2.05) is 12.1 Å². The fraction of sp³-hybridized carbons (Fsp3) is 0.533. The van der Waals surface area contributed by atoms with Crippen LogP contribution in [0, 0.1) is 0 Å². The zero-order valence-electron chi connectivity index (χ0n) is 11.9. The van der Waals surface area contributed by atoms with Gasteiger partial charge in [-0.05, 0) is 38.0 Å². The van der Waals surface area contributed by atoms with E-state index in [0.29, 0.717) is 12.2 Å². The van der Waals surface area contributed by atoms with E-state index in [9.17, 15) is 4.79 Å². The van der Waals surface area contributed by atoms with Crippen LogP contribution in [-0.2, 0) is 11.3 Å². The van der Waals surface area contributed by atoms with E-state index in [0.717, 1.165) is 25.1 Å². The van der Waals surface area contributed by atoms with Gasteiger partial charge in [0.2, 0.25) is 0 Å². The third kappa shape index (κ3) is 5.85. The fourth-order valence-electron chi connectivity index (χ4n) is 1.50. The molecule has 0 spiro atoms. The average Bonchev–Trinajstić information content (AvgIpc) is 2.39. The summed E-state index contributed by atoms with van der Waals surface area (Å²) in [5, 5.41) is 12.1. The number of aromatic carboxylic acids is 1. The Kier molecular flexibility index (Phi) is 5.99. The van der Waals surface area contributed by atoms with Gasteiger partial charge in [0.15, 0.2) is 0 Å². The Morgan fingerprint density at radius 2 is 1.95 bits per heavy atom. The molecular formula is C15H23NO3. The van der Waals surface area contributed by atoms with Crippen LogP contribution in [-0.4, -0.2) is 29.8 Å². The second-order valence-electron chi connectivity index (χ2n) is 5.14. The molecule has 0 amide bonds. The Morgan fingerprint density at radius 1 is 1.32 bits per heavy atom. The largest absolute Gasteiger partial charge is 0.478 e. The first-order valence-electron chi connectivity index (χ1n) is 6.61. The van der Waals surface area contributed by atoms with E-state index >= 15 is 0 Å². The third-order valence-electron chi connectivity index (χ3n) is 3.15. The second kappa shape index (κ2) is 7.26. The van der Waals surface area contributed by atoms with Crippen molar-refractivity contribution in [3.05, 3.63) is 35.4 Å². The molecule has 1 rings (SSSR count). The highest BCUT2D eigenvalue weighted by atomic mass is 16.5. The molecule has 1 aromatic carbocycles. The first-order chi connectivity index (χ1) is 8.94. The minimum atomic E-state index is -0.894. The van der Waals surface area contributed by atoms with E-state index in [4.69, 9.17) is 9.84 Å². The van der Waals surface area contributed by atoms with Crippen LogP contribution < -0.4 is 5.32 Å². The molecule has 0 fully saturated rings. The number of hydrogen-bond acceptors (Lipinski definition) is 3. The summed E-state index contributed by atoms with van der Waals surface area (Å²) in [6.45, 7) is 8.45. The van der Waals surface area contributed by atoms with Gasteiger partial charge < -0.3 is 15.2 Å². The van der Waals surface area contributed by atoms with Gasteiger partial charge in [0.05, 0.1) is 17.8 Å². The van der Waals surface area contributed by atoms with Crippen LogP contribution in [0.5, 0.6) is 0 Å². The quantitative estimate of drug-likeness (QED) is 0.709. The molecule has 0 atom stereocenters. The number of rotatable bonds is 8. The van der Waals surface area contributed by atoms with Crippen LogP contribution in [0.4, 0.5) is 0 Å². The maximum atomic E-state index is 10.7. The molecule has 2 N–H and O–H groups in total. The van der Waals surface area contributed by atoms with E-state index in [1.54, 1.807) is 12.1 Å². The van der Waals surface area contributed by atoms with Crippen LogP contribution in [0.2, 0.25) is 0 Å². The highest BCUT2D eigenvalue weighted by molar-refractivity contribution is 5.87. The summed E-state index contributed by atoms with van der Waals surface area (Å²) >= 11 is 0. The Morgan fingerprint density at radius 3 is 2.47 bits per heavy atom. The number of benzene rings is 1. The van der Waals surface area contributed by atoms with E-state index < -0.39 is 5.97 Å². The molecule has 0 aliphatic carbocycles. The summed E-state index contributed by atoms with van der Waals surface area (Å²) in [5.74, 6) is -0.894. The summed E-state index contributed by atoms with van der Waals surface area (Å²) < 4.78 is 5.73. The van der Waals surface area contributed by atoms with Gasteiger partial charge in [0, 0.05) is 13.1 Å². The molecule has 0 radical (unpaired) electrons. The van der Waals surface area contributed by atoms with Crippen molar-refractivity contribution in [1.82, 2.24) is 5.32 Å². The summed E-state index contributed by atoms with van der Waals surface area (Å²) in [6.07, 6.45) is 0.990. The molecule has 0 aliphatic rings. The Hall–Kier alpha value is -1.39. The van der Waals surface area contributed by atoms with Gasteiger partial charge in [-0.25, -0.2) is 4.79 Å². The van der Waals surface area contributed by atoms with Crippen LogP contribution in [0.1, 0.15) is 43.1 Å². The zero-order valence-corrected chi connectivity index (χ0v) is 11.9. The summed E-state index contributed by atoms with van der Waals surface area (Å²) in [6, 6.07) is 6.90. The molecule has 106 valence electrons. The number of carboxylic acid groups (broad SMARTS) is 1. The van der Waals surface area contributed by atoms with Crippen molar-refractivity contribution in [3.63, 3.8) is 0 Å². The highest BCUT2D eigenvalue weighted by Gasteiger charge is 2.14. The number of hydrogen-bond donors (Lipinski definition) is 2. The van der Waals surface area contributed by atoms with Crippen molar-refractivity contribution in [2.24, 2.45) is 0 Å². The Labute approximate surface area is 114 Å². The summed E-state index contributed by atoms with van der Waals surface area (Å²) in [7, 11) is 0. The Balaban J connectivity index is 2.24. The lowest BCUT2D eigenvalue weighted by Gasteiger charge is -2.23. The molecule has 0 saturated heterocycles. The lowest BCUT2D eigenvalue weighted by molar-refractivity contribution is -0.0181. The van der Waals surface area contributed by atoms with E-state index in [1.165, 1.54) is 0 Å². The predicted octanol–water partition coefficient (Wildman–Crippen LogP) is 2.68. The smallest absolute Gasteiger partial charge is 0.335 e.